The van der Waals surface area contributed by atoms with Gasteiger partial charge in [0, 0.05) is 26.4 Å². The Morgan fingerprint density at radius 3 is 1.34 bits per heavy atom. The molecule has 0 radical (unpaired) electrons. The summed E-state index contributed by atoms with van der Waals surface area (Å²) in [6.07, 6.45) is 32.7. The fourth-order valence-electron chi connectivity index (χ4n) is 5.25. The van der Waals surface area contributed by atoms with Gasteiger partial charge < -0.3 is 19.5 Å². The monoisotopic (exact) mass is 584 g/mol. The molecule has 1 unspecified atom stereocenters. The van der Waals surface area contributed by atoms with Crippen molar-refractivity contribution in [1.29, 1.82) is 0 Å². The minimum Gasteiger partial charge on any atom is -0.447 e. The van der Waals surface area contributed by atoms with Gasteiger partial charge >= 0.3 is 6.09 Å². The first-order chi connectivity index (χ1) is 20.1. The highest BCUT2D eigenvalue weighted by atomic mass is 16.6. The molecule has 0 saturated heterocycles. The van der Waals surface area contributed by atoms with E-state index in [1.54, 1.807) is 0 Å². The van der Waals surface area contributed by atoms with E-state index in [0.29, 0.717) is 13.2 Å². The predicted molar refractivity (Wildman–Crippen MR) is 177 cm³/mol. The average molecular weight is 584 g/mol. The summed E-state index contributed by atoms with van der Waals surface area (Å²) in [5.74, 6) is 0. The van der Waals surface area contributed by atoms with E-state index in [2.05, 4.69) is 19.2 Å². The van der Waals surface area contributed by atoms with Gasteiger partial charge in [-0.05, 0) is 33.1 Å². The van der Waals surface area contributed by atoms with Crippen LogP contribution in [-0.2, 0) is 14.2 Å². The highest BCUT2D eigenvalue weighted by Crippen LogP contribution is 2.13. The van der Waals surface area contributed by atoms with Crippen LogP contribution in [0.25, 0.3) is 0 Å². The van der Waals surface area contributed by atoms with Crippen molar-refractivity contribution in [3.05, 3.63) is 0 Å². The molecule has 0 spiro atoms. The topological polar surface area (TPSA) is 56.8 Å². The summed E-state index contributed by atoms with van der Waals surface area (Å²) in [4.78, 5) is 11.9. The van der Waals surface area contributed by atoms with Gasteiger partial charge in [0.1, 0.15) is 0 Å². The lowest BCUT2D eigenvalue weighted by atomic mass is 10.1. The maximum absolute atomic E-state index is 11.9. The van der Waals surface area contributed by atoms with E-state index in [0.717, 1.165) is 32.5 Å². The van der Waals surface area contributed by atoms with Crippen molar-refractivity contribution in [2.75, 3.05) is 26.4 Å². The van der Waals surface area contributed by atoms with Crippen LogP contribution in [0.4, 0.5) is 4.79 Å². The Kier molecular flexibility index (Phi) is 33.0. The first-order valence-electron chi connectivity index (χ1n) is 18.2. The lowest BCUT2D eigenvalue weighted by Crippen LogP contribution is -2.36. The lowest BCUT2D eigenvalue weighted by molar-refractivity contribution is 0.0179. The Balaban J connectivity index is 3.82. The van der Waals surface area contributed by atoms with Crippen LogP contribution in [0.3, 0.4) is 0 Å². The summed E-state index contributed by atoms with van der Waals surface area (Å²) in [6.45, 7) is 11.0. The molecule has 1 amide bonds. The normalized spacial score (nSPS) is 12.2. The Bertz CT molecular complexity index is 514. The summed E-state index contributed by atoms with van der Waals surface area (Å²) in [7, 11) is 0. The summed E-state index contributed by atoms with van der Waals surface area (Å²) in [6, 6.07) is 0. The summed E-state index contributed by atoms with van der Waals surface area (Å²) in [5, 5.41) is 2.87. The van der Waals surface area contributed by atoms with Crippen LogP contribution in [0.15, 0.2) is 0 Å². The zero-order valence-electron chi connectivity index (χ0n) is 28.3. The predicted octanol–water partition coefficient (Wildman–Crippen LogP) is 11.3. The number of rotatable bonds is 33. The van der Waals surface area contributed by atoms with Gasteiger partial charge in [-0.3, -0.25) is 0 Å². The molecule has 0 aliphatic rings. The standard InChI is InChI=1S/C36H73NO4/c1-5-7-9-11-13-15-17-19-21-23-25-27-30-39-32-29-35(33-37-36(38)41-34(3)4)40-31-28-26-24-22-20-18-16-14-12-10-8-6-2/h34-35H,5-33H2,1-4H3,(H,37,38). The molecule has 41 heavy (non-hydrogen) atoms. The van der Waals surface area contributed by atoms with E-state index >= 15 is 0 Å². The maximum Gasteiger partial charge on any atom is 0.407 e. The highest BCUT2D eigenvalue weighted by molar-refractivity contribution is 5.67. The average Bonchev–Trinajstić information content (AvgIpc) is 2.95. The third-order valence-electron chi connectivity index (χ3n) is 7.89. The van der Waals surface area contributed by atoms with Gasteiger partial charge in [0.05, 0.1) is 12.2 Å². The molecule has 246 valence electrons. The molecule has 0 aliphatic carbocycles. The Morgan fingerprint density at radius 1 is 0.537 bits per heavy atom. The highest BCUT2D eigenvalue weighted by Gasteiger charge is 2.13. The molecule has 1 atom stereocenters. The number of carbonyl (C=O) groups is 1. The van der Waals surface area contributed by atoms with E-state index < -0.39 is 0 Å². The largest absolute Gasteiger partial charge is 0.447 e. The molecular formula is C36H73NO4. The molecule has 1 N–H and O–H groups in total. The Hall–Kier alpha value is -0.810. The van der Waals surface area contributed by atoms with Crippen LogP contribution in [0.5, 0.6) is 0 Å². The van der Waals surface area contributed by atoms with Gasteiger partial charge in [-0.15, -0.1) is 0 Å². The number of hydrogen-bond acceptors (Lipinski definition) is 4. The van der Waals surface area contributed by atoms with Crippen LogP contribution in [-0.4, -0.2) is 44.7 Å². The number of ether oxygens (including phenoxy) is 3. The van der Waals surface area contributed by atoms with E-state index in [1.165, 1.54) is 141 Å². The second kappa shape index (κ2) is 33.7. The third-order valence-corrected chi connectivity index (χ3v) is 7.89. The maximum atomic E-state index is 11.9. The second-order valence-electron chi connectivity index (χ2n) is 12.5. The minimum atomic E-state index is -0.364. The van der Waals surface area contributed by atoms with Crippen LogP contribution < -0.4 is 5.32 Å². The zero-order chi connectivity index (χ0) is 30.1. The van der Waals surface area contributed by atoms with Gasteiger partial charge in [0.15, 0.2) is 0 Å². The van der Waals surface area contributed by atoms with E-state index in [4.69, 9.17) is 14.2 Å². The molecular weight excluding hydrogens is 510 g/mol. The lowest BCUT2D eigenvalue weighted by Gasteiger charge is -2.19. The molecule has 5 nitrogen and oxygen atoms in total. The van der Waals surface area contributed by atoms with Gasteiger partial charge in [-0.2, -0.15) is 0 Å². The van der Waals surface area contributed by atoms with Gasteiger partial charge in [0.25, 0.3) is 0 Å². The molecule has 0 aromatic rings. The van der Waals surface area contributed by atoms with Crippen molar-refractivity contribution in [3.63, 3.8) is 0 Å². The van der Waals surface area contributed by atoms with E-state index in [-0.39, 0.29) is 18.3 Å². The number of unbranched alkanes of at least 4 members (excludes halogenated alkanes) is 22. The van der Waals surface area contributed by atoms with Crippen molar-refractivity contribution >= 4 is 6.09 Å². The number of nitrogens with one attached hydrogen (secondary N) is 1. The Labute approximate surface area is 257 Å². The molecule has 0 aromatic carbocycles. The van der Waals surface area contributed by atoms with Crippen molar-refractivity contribution in [2.45, 2.75) is 200 Å². The van der Waals surface area contributed by atoms with Crippen LogP contribution in [0.1, 0.15) is 188 Å². The summed E-state index contributed by atoms with van der Waals surface area (Å²) < 4.78 is 17.3. The van der Waals surface area contributed by atoms with Crippen molar-refractivity contribution < 1.29 is 19.0 Å². The van der Waals surface area contributed by atoms with Crippen LogP contribution in [0.2, 0.25) is 0 Å². The molecule has 0 aromatic heterocycles. The molecule has 0 saturated carbocycles. The summed E-state index contributed by atoms with van der Waals surface area (Å²) in [5.41, 5.74) is 0. The summed E-state index contributed by atoms with van der Waals surface area (Å²) >= 11 is 0. The molecule has 0 aliphatic heterocycles. The third kappa shape index (κ3) is 33.6. The van der Waals surface area contributed by atoms with Gasteiger partial charge in [-0.25, -0.2) is 4.79 Å². The fourth-order valence-corrected chi connectivity index (χ4v) is 5.25. The molecule has 0 bridgehead atoms. The van der Waals surface area contributed by atoms with Gasteiger partial charge in [0.2, 0.25) is 0 Å². The van der Waals surface area contributed by atoms with E-state index in [9.17, 15) is 4.79 Å². The SMILES string of the molecule is CCCCCCCCCCCCCCOCCC(CNC(=O)OC(C)C)OCCCCCCCCCCCCCC. The first-order valence-corrected chi connectivity index (χ1v) is 18.2. The van der Waals surface area contributed by atoms with Crippen LogP contribution >= 0.6 is 0 Å². The second-order valence-corrected chi connectivity index (χ2v) is 12.5. The number of alkyl carbamates (subject to hydrolysis) is 1. The number of hydrogen-bond donors (Lipinski definition) is 1. The molecule has 0 rings (SSSR count). The van der Waals surface area contributed by atoms with Crippen LogP contribution in [0, 0.1) is 0 Å². The quantitative estimate of drug-likeness (QED) is 0.0781. The fraction of sp³-hybridized carbons (Fsp3) is 0.972. The number of amides is 1. The number of carbonyl (C=O) groups excluding carboxylic acids is 1. The smallest absolute Gasteiger partial charge is 0.407 e. The van der Waals surface area contributed by atoms with E-state index in [1.807, 2.05) is 13.8 Å². The first kappa shape index (κ1) is 40.2. The Morgan fingerprint density at radius 2 is 0.927 bits per heavy atom. The zero-order valence-corrected chi connectivity index (χ0v) is 28.3. The van der Waals surface area contributed by atoms with Crippen molar-refractivity contribution in [3.8, 4) is 0 Å². The van der Waals surface area contributed by atoms with Gasteiger partial charge in [-0.1, -0.05) is 155 Å². The van der Waals surface area contributed by atoms with Crippen molar-refractivity contribution in [2.24, 2.45) is 0 Å². The molecule has 0 heterocycles. The molecule has 0 fully saturated rings. The van der Waals surface area contributed by atoms with Crippen molar-refractivity contribution in [1.82, 2.24) is 5.32 Å². The molecule has 5 heteroatoms. The minimum absolute atomic E-state index is 0.0237.